The van der Waals surface area contributed by atoms with E-state index >= 15 is 0 Å². The van der Waals surface area contributed by atoms with Crippen LogP contribution in [0, 0.1) is 11.7 Å². The Kier molecular flexibility index (Phi) is 6.81. The van der Waals surface area contributed by atoms with Crippen LogP contribution in [0.1, 0.15) is 37.7 Å². The van der Waals surface area contributed by atoms with Gasteiger partial charge < -0.3 is 19.9 Å². The molecule has 0 radical (unpaired) electrons. The third kappa shape index (κ3) is 4.43. The first-order valence-corrected chi connectivity index (χ1v) is 8.38. The molecule has 2 rings (SSSR count). The maximum absolute atomic E-state index is 13.8. The Hall–Kier alpha value is -1.17. The molecule has 2 atom stereocenters. The highest BCUT2D eigenvalue weighted by atomic mass is 19.1. The lowest BCUT2D eigenvalue weighted by Crippen LogP contribution is -2.44. The minimum absolute atomic E-state index is 0.0505. The summed E-state index contributed by atoms with van der Waals surface area (Å²) >= 11 is 0. The van der Waals surface area contributed by atoms with Crippen molar-refractivity contribution in [3.05, 3.63) is 29.6 Å². The van der Waals surface area contributed by atoms with E-state index in [0.29, 0.717) is 24.3 Å². The fourth-order valence-electron chi connectivity index (χ4n) is 3.48. The maximum atomic E-state index is 13.8. The van der Waals surface area contributed by atoms with Crippen LogP contribution in [0.25, 0.3) is 0 Å². The first kappa shape index (κ1) is 18.2. The predicted octanol–water partition coefficient (Wildman–Crippen LogP) is 2.84. The molecule has 4 nitrogen and oxygen atoms in total. The van der Waals surface area contributed by atoms with Crippen LogP contribution in [-0.4, -0.2) is 39.0 Å². The molecule has 1 aromatic carbocycles. The minimum atomic E-state index is -1.09. The van der Waals surface area contributed by atoms with E-state index < -0.39 is 5.60 Å². The lowest BCUT2D eigenvalue weighted by molar-refractivity contribution is -0.0451. The summed E-state index contributed by atoms with van der Waals surface area (Å²) in [6.07, 6.45) is 4.20. The van der Waals surface area contributed by atoms with Gasteiger partial charge in [-0.25, -0.2) is 4.39 Å². The molecule has 1 saturated heterocycles. The SMILES string of the molecule is COCCCC[C@@](O)(c1cc(F)ccc1OC)C1CCCNC1. The molecule has 0 aromatic heterocycles. The molecule has 1 fully saturated rings. The summed E-state index contributed by atoms with van der Waals surface area (Å²) in [6, 6.07) is 4.39. The van der Waals surface area contributed by atoms with Crippen LogP contribution in [-0.2, 0) is 10.3 Å². The van der Waals surface area contributed by atoms with Gasteiger partial charge in [0.1, 0.15) is 11.6 Å². The van der Waals surface area contributed by atoms with Gasteiger partial charge in [-0.05, 0) is 56.8 Å². The van der Waals surface area contributed by atoms with Gasteiger partial charge in [-0.15, -0.1) is 0 Å². The minimum Gasteiger partial charge on any atom is -0.496 e. The van der Waals surface area contributed by atoms with Crippen molar-refractivity contribution in [2.45, 2.75) is 37.7 Å². The van der Waals surface area contributed by atoms with E-state index in [1.165, 1.54) is 12.1 Å². The van der Waals surface area contributed by atoms with Crippen LogP contribution >= 0.6 is 0 Å². The van der Waals surface area contributed by atoms with Crippen LogP contribution in [0.4, 0.5) is 4.39 Å². The van der Waals surface area contributed by atoms with E-state index in [2.05, 4.69) is 5.32 Å². The fourth-order valence-corrected chi connectivity index (χ4v) is 3.48. The summed E-state index contributed by atoms with van der Waals surface area (Å²) < 4.78 is 24.3. The van der Waals surface area contributed by atoms with Gasteiger partial charge in [0.15, 0.2) is 0 Å². The van der Waals surface area contributed by atoms with Crippen molar-refractivity contribution in [3.63, 3.8) is 0 Å². The van der Waals surface area contributed by atoms with Gasteiger partial charge in [0.2, 0.25) is 0 Å². The summed E-state index contributed by atoms with van der Waals surface area (Å²) in [5.41, 5.74) is -0.527. The predicted molar refractivity (Wildman–Crippen MR) is 88.2 cm³/mol. The van der Waals surface area contributed by atoms with Crippen molar-refractivity contribution in [1.29, 1.82) is 0 Å². The summed E-state index contributed by atoms with van der Waals surface area (Å²) in [5.74, 6) is 0.251. The molecule has 1 aliphatic rings. The van der Waals surface area contributed by atoms with E-state index in [1.54, 1.807) is 20.3 Å². The summed E-state index contributed by atoms with van der Waals surface area (Å²) in [5, 5.41) is 14.9. The van der Waals surface area contributed by atoms with Gasteiger partial charge in [0.05, 0.1) is 12.7 Å². The molecule has 1 aromatic rings. The van der Waals surface area contributed by atoms with Gasteiger partial charge in [0.25, 0.3) is 0 Å². The van der Waals surface area contributed by atoms with Crippen LogP contribution in [0.3, 0.4) is 0 Å². The number of hydrogen-bond acceptors (Lipinski definition) is 4. The number of nitrogens with one attached hydrogen (secondary N) is 1. The highest BCUT2D eigenvalue weighted by Gasteiger charge is 2.40. The molecule has 0 amide bonds. The first-order chi connectivity index (χ1) is 11.1. The molecule has 5 heteroatoms. The van der Waals surface area contributed by atoms with Gasteiger partial charge in [-0.2, -0.15) is 0 Å². The largest absolute Gasteiger partial charge is 0.496 e. The zero-order valence-electron chi connectivity index (χ0n) is 14.1. The molecule has 0 bridgehead atoms. The fraction of sp³-hybridized carbons (Fsp3) is 0.667. The van der Waals surface area contributed by atoms with Crippen molar-refractivity contribution < 1.29 is 19.0 Å². The number of rotatable bonds is 8. The highest BCUT2D eigenvalue weighted by Crippen LogP contribution is 2.42. The normalized spacial score (nSPS) is 21.0. The lowest BCUT2D eigenvalue weighted by Gasteiger charge is -2.40. The average Bonchev–Trinajstić information content (AvgIpc) is 2.59. The van der Waals surface area contributed by atoms with E-state index in [-0.39, 0.29) is 11.7 Å². The van der Waals surface area contributed by atoms with Crippen LogP contribution < -0.4 is 10.1 Å². The number of hydrogen-bond donors (Lipinski definition) is 2. The third-order valence-corrected chi connectivity index (χ3v) is 4.76. The van der Waals surface area contributed by atoms with Crippen molar-refractivity contribution in [2.75, 3.05) is 33.9 Å². The standard InChI is InChI=1S/C18H28FNO3/c1-22-11-4-3-9-18(21,14-6-5-10-20-13-14)16-12-15(19)7-8-17(16)23-2/h7-8,12,14,20-21H,3-6,9-11,13H2,1-2H3/t14?,18-/m0/s1. The van der Waals surface area contributed by atoms with Crippen molar-refractivity contribution in [1.82, 2.24) is 5.32 Å². The Morgan fingerprint density at radius 3 is 2.83 bits per heavy atom. The molecule has 1 aliphatic heterocycles. The number of methoxy groups -OCH3 is 2. The molecule has 0 spiro atoms. The summed E-state index contributed by atoms with van der Waals surface area (Å²) in [4.78, 5) is 0. The molecule has 2 N–H and O–H groups in total. The molecule has 130 valence electrons. The second-order valence-electron chi connectivity index (χ2n) is 6.26. The Morgan fingerprint density at radius 1 is 1.35 bits per heavy atom. The second-order valence-corrected chi connectivity index (χ2v) is 6.26. The van der Waals surface area contributed by atoms with Crippen LogP contribution in [0.15, 0.2) is 18.2 Å². The number of benzene rings is 1. The molecule has 0 aliphatic carbocycles. The first-order valence-electron chi connectivity index (χ1n) is 8.38. The van der Waals surface area contributed by atoms with E-state index in [9.17, 15) is 9.50 Å². The number of aliphatic hydroxyl groups is 1. The van der Waals surface area contributed by atoms with Crippen molar-refractivity contribution in [2.24, 2.45) is 5.92 Å². The topological polar surface area (TPSA) is 50.7 Å². The lowest BCUT2D eigenvalue weighted by atomic mass is 9.74. The molecule has 23 heavy (non-hydrogen) atoms. The van der Waals surface area contributed by atoms with Crippen molar-refractivity contribution >= 4 is 0 Å². The summed E-state index contributed by atoms with van der Waals surface area (Å²) in [6.45, 7) is 2.37. The average molecular weight is 325 g/mol. The quantitative estimate of drug-likeness (QED) is 0.722. The molecular weight excluding hydrogens is 297 g/mol. The Bertz CT molecular complexity index is 491. The number of piperidine rings is 1. The van der Waals surface area contributed by atoms with Crippen LogP contribution in [0.5, 0.6) is 5.75 Å². The zero-order valence-corrected chi connectivity index (χ0v) is 14.1. The molecular formula is C18H28FNO3. The van der Waals surface area contributed by atoms with Gasteiger partial charge >= 0.3 is 0 Å². The Morgan fingerprint density at radius 2 is 2.17 bits per heavy atom. The zero-order chi connectivity index (χ0) is 16.7. The van der Waals surface area contributed by atoms with Crippen LogP contribution in [0.2, 0.25) is 0 Å². The molecule has 1 heterocycles. The van der Waals surface area contributed by atoms with Gasteiger partial charge in [-0.1, -0.05) is 0 Å². The monoisotopic (exact) mass is 325 g/mol. The third-order valence-electron chi connectivity index (χ3n) is 4.76. The number of unbranched alkanes of at least 4 members (excludes halogenated alkanes) is 1. The van der Waals surface area contributed by atoms with Gasteiger partial charge in [0, 0.05) is 31.7 Å². The highest BCUT2D eigenvalue weighted by molar-refractivity contribution is 5.39. The second kappa shape index (κ2) is 8.62. The Balaban J connectivity index is 2.29. The molecule has 0 saturated carbocycles. The van der Waals surface area contributed by atoms with Crippen molar-refractivity contribution in [3.8, 4) is 5.75 Å². The Labute approximate surface area is 138 Å². The smallest absolute Gasteiger partial charge is 0.125 e. The summed E-state index contributed by atoms with van der Waals surface area (Å²) in [7, 11) is 3.23. The number of halogens is 1. The maximum Gasteiger partial charge on any atom is 0.125 e. The molecule has 1 unspecified atom stereocenters. The van der Waals surface area contributed by atoms with Gasteiger partial charge in [-0.3, -0.25) is 0 Å². The number of ether oxygens (including phenoxy) is 2. The van der Waals surface area contributed by atoms with E-state index in [4.69, 9.17) is 9.47 Å². The van der Waals surface area contributed by atoms with E-state index in [1.807, 2.05) is 0 Å². The van der Waals surface area contributed by atoms with E-state index in [0.717, 1.165) is 38.8 Å².